The summed E-state index contributed by atoms with van der Waals surface area (Å²) in [6.07, 6.45) is 0. The van der Waals surface area contributed by atoms with Crippen molar-refractivity contribution < 1.29 is 13.3 Å². The molecule has 370 valence electrons. The molecule has 5 heteroatoms. The molecule has 13 aromatic carbocycles. The Balaban J connectivity index is 0.839. The fourth-order valence-corrected chi connectivity index (χ4v) is 12.3. The summed E-state index contributed by atoms with van der Waals surface area (Å²) >= 11 is 0. The fraction of sp³-hybridized carbons (Fsp3) is 0. The lowest BCUT2D eigenvalue weighted by atomic mass is 9.94. The second kappa shape index (κ2) is 18.0. The van der Waals surface area contributed by atoms with Crippen LogP contribution in [0.1, 0.15) is 0 Å². The summed E-state index contributed by atoms with van der Waals surface area (Å²) in [6.45, 7) is 0. The van der Waals surface area contributed by atoms with E-state index >= 15 is 0 Å². The van der Waals surface area contributed by atoms with E-state index in [0.717, 1.165) is 149 Å². The maximum absolute atomic E-state index is 7.19. The topological polar surface area (TPSA) is 45.9 Å². The van der Waals surface area contributed by atoms with Gasteiger partial charge in [0.15, 0.2) is 11.2 Å². The van der Waals surface area contributed by atoms with E-state index < -0.39 is 0 Å². The molecule has 0 aliphatic carbocycles. The van der Waals surface area contributed by atoms with Gasteiger partial charge in [-0.25, -0.2) is 0 Å². The van der Waals surface area contributed by atoms with Crippen LogP contribution in [0.2, 0.25) is 0 Å². The largest absolute Gasteiger partial charge is 0.455 e. The van der Waals surface area contributed by atoms with Gasteiger partial charge < -0.3 is 23.1 Å². The molecule has 5 nitrogen and oxygen atoms in total. The zero-order chi connectivity index (χ0) is 52.0. The summed E-state index contributed by atoms with van der Waals surface area (Å²) in [5.74, 6) is 0. The molecule has 0 fully saturated rings. The zero-order valence-electron chi connectivity index (χ0n) is 42.7. The molecule has 16 rings (SSSR count). The van der Waals surface area contributed by atoms with Gasteiger partial charge in [0, 0.05) is 60.6 Å². The van der Waals surface area contributed by atoms with Crippen molar-refractivity contribution >= 4 is 121 Å². The minimum atomic E-state index is 0.806. The van der Waals surface area contributed by atoms with Crippen LogP contribution in [-0.2, 0) is 0 Å². The molecule has 3 aromatic heterocycles. The van der Waals surface area contributed by atoms with Crippen molar-refractivity contribution in [3.8, 4) is 33.4 Å². The van der Waals surface area contributed by atoms with Crippen molar-refractivity contribution in [2.45, 2.75) is 0 Å². The van der Waals surface area contributed by atoms with E-state index in [1.165, 1.54) is 5.39 Å². The number of rotatable bonds is 9. The molecule has 0 unspecified atom stereocenters. The van der Waals surface area contributed by atoms with Gasteiger partial charge in [-0.3, -0.25) is 0 Å². The minimum Gasteiger partial charge on any atom is -0.455 e. The lowest BCUT2D eigenvalue weighted by Crippen LogP contribution is -2.11. The number of anilines is 6. The molecule has 0 amide bonds. The van der Waals surface area contributed by atoms with E-state index in [4.69, 9.17) is 13.3 Å². The first kappa shape index (κ1) is 44.7. The standard InChI is InChI=1S/C74H46N2O3/c1-3-19-48(20-4-1)53-23-9-13-31-64(53)75(66-33-17-29-59-56-26-11-15-35-68(56)77-72(59)66)51-40-37-47(38-41-51)50-39-43-61-63(45-50)55-25-7-8-28-58(55)71-62-44-42-52(46-70(62)79-74(61)71)76(65-32-14-10-24-54(65)49-21-5-2-6-22-49)67-34-18-30-60-57-27-12-16-36-69(57)78-73(60)67/h1-46H. The van der Waals surface area contributed by atoms with E-state index in [9.17, 15) is 0 Å². The van der Waals surface area contributed by atoms with Gasteiger partial charge in [-0.2, -0.15) is 0 Å². The van der Waals surface area contributed by atoms with E-state index in [1.54, 1.807) is 0 Å². The average Bonchev–Trinajstić information content (AvgIpc) is 4.37. The quantitative estimate of drug-likeness (QED) is 0.135. The van der Waals surface area contributed by atoms with Crippen LogP contribution in [0.4, 0.5) is 34.1 Å². The van der Waals surface area contributed by atoms with Gasteiger partial charge >= 0.3 is 0 Å². The molecule has 0 saturated heterocycles. The van der Waals surface area contributed by atoms with Crippen LogP contribution in [0, 0.1) is 0 Å². The van der Waals surface area contributed by atoms with Crippen molar-refractivity contribution in [1.82, 2.24) is 0 Å². The Hall–Kier alpha value is -10.6. The highest BCUT2D eigenvalue weighted by Gasteiger charge is 2.26. The lowest BCUT2D eigenvalue weighted by molar-refractivity contribution is 0.668. The predicted octanol–water partition coefficient (Wildman–Crippen LogP) is 21.6. The van der Waals surface area contributed by atoms with Gasteiger partial charge in [0.2, 0.25) is 0 Å². The monoisotopic (exact) mass is 1010 g/mol. The van der Waals surface area contributed by atoms with E-state index in [-0.39, 0.29) is 0 Å². The van der Waals surface area contributed by atoms with Crippen molar-refractivity contribution in [1.29, 1.82) is 0 Å². The van der Waals surface area contributed by atoms with Crippen LogP contribution in [0.3, 0.4) is 0 Å². The number of furan rings is 3. The van der Waals surface area contributed by atoms with Gasteiger partial charge in [-0.05, 0) is 111 Å². The molecule has 0 aliphatic rings. The highest BCUT2D eigenvalue weighted by atomic mass is 16.3. The first-order valence-electron chi connectivity index (χ1n) is 26.8. The molecule has 0 spiro atoms. The van der Waals surface area contributed by atoms with Crippen LogP contribution < -0.4 is 9.80 Å². The van der Waals surface area contributed by atoms with Gasteiger partial charge in [0.05, 0.1) is 28.4 Å². The SMILES string of the molecule is c1ccc(-c2ccccc2N(c2ccc(-c3ccc4c(c3)c3ccccc3c3c5ccc(N(c6ccccc6-c6ccccc6)c6cccc7c6oc6ccccc67)cc5oc43)cc2)c2cccc3c2oc2ccccc23)cc1. The Labute approximate surface area is 454 Å². The number of hydrogen-bond donors (Lipinski definition) is 0. The smallest absolute Gasteiger partial charge is 0.159 e. The van der Waals surface area contributed by atoms with E-state index in [1.807, 2.05) is 24.3 Å². The summed E-state index contributed by atoms with van der Waals surface area (Å²) in [5, 5.41) is 11.0. The minimum absolute atomic E-state index is 0.806. The Morgan fingerprint density at radius 1 is 0.215 bits per heavy atom. The van der Waals surface area contributed by atoms with Crippen LogP contribution in [0.5, 0.6) is 0 Å². The maximum Gasteiger partial charge on any atom is 0.159 e. The van der Waals surface area contributed by atoms with Crippen LogP contribution in [-0.4, -0.2) is 0 Å². The first-order valence-corrected chi connectivity index (χ1v) is 26.8. The third-order valence-electron chi connectivity index (χ3n) is 15.8. The van der Waals surface area contributed by atoms with E-state index in [2.05, 4.69) is 265 Å². The van der Waals surface area contributed by atoms with Crippen molar-refractivity contribution in [2.75, 3.05) is 9.80 Å². The molecule has 0 saturated carbocycles. The number of fused-ring (bicyclic) bond motifs is 14. The molecule has 79 heavy (non-hydrogen) atoms. The summed E-state index contributed by atoms with van der Waals surface area (Å²) in [7, 11) is 0. The van der Waals surface area contributed by atoms with Crippen molar-refractivity contribution in [2.24, 2.45) is 0 Å². The van der Waals surface area contributed by atoms with E-state index in [0.29, 0.717) is 0 Å². The lowest BCUT2D eigenvalue weighted by Gasteiger charge is -2.28. The zero-order valence-corrected chi connectivity index (χ0v) is 42.7. The first-order chi connectivity index (χ1) is 39.2. The molecule has 3 heterocycles. The molecule has 0 aliphatic heterocycles. The molecule has 16 aromatic rings. The van der Waals surface area contributed by atoms with Gasteiger partial charge in [0.25, 0.3) is 0 Å². The number of benzene rings is 13. The maximum atomic E-state index is 7.19. The van der Waals surface area contributed by atoms with Crippen LogP contribution >= 0.6 is 0 Å². The number of para-hydroxylation sites is 6. The molecular weight excluding hydrogens is 965 g/mol. The Kier molecular flexibility index (Phi) is 10.2. The van der Waals surface area contributed by atoms with Gasteiger partial charge in [0.1, 0.15) is 22.3 Å². The molecule has 0 N–H and O–H groups in total. The second-order valence-corrected chi connectivity index (χ2v) is 20.3. The summed E-state index contributed by atoms with van der Waals surface area (Å²) in [4.78, 5) is 4.67. The molecule has 0 bridgehead atoms. The Morgan fingerprint density at radius 2 is 0.646 bits per heavy atom. The van der Waals surface area contributed by atoms with Gasteiger partial charge in [-0.1, -0.05) is 200 Å². The average molecular weight is 1010 g/mol. The fourth-order valence-electron chi connectivity index (χ4n) is 12.3. The predicted molar refractivity (Wildman–Crippen MR) is 329 cm³/mol. The van der Waals surface area contributed by atoms with Crippen LogP contribution in [0.15, 0.2) is 292 Å². The molecular formula is C74H46N2O3. The molecule has 0 atom stereocenters. The number of hydrogen-bond acceptors (Lipinski definition) is 5. The summed E-state index contributed by atoms with van der Waals surface area (Å²) in [6, 6.07) is 99.1. The second-order valence-electron chi connectivity index (χ2n) is 20.3. The highest BCUT2D eigenvalue weighted by Crippen LogP contribution is 2.50. The summed E-state index contributed by atoms with van der Waals surface area (Å²) in [5.41, 5.74) is 17.8. The Morgan fingerprint density at radius 3 is 1.25 bits per heavy atom. The Bertz CT molecular complexity index is 5030. The van der Waals surface area contributed by atoms with Crippen molar-refractivity contribution in [3.63, 3.8) is 0 Å². The van der Waals surface area contributed by atoms with Crippen molar-refractivity contribution in [3.05, 3.63) is 279 Å². The third-order valence-corrected chi connectivity index (χ3v) is 15.8. The highest BCUT2D eigenvalue weighted by molar-refractivity contribution is 6.30. The van der Waals surface area contributed by atoms with Crippen LogP contribution in [0.25, 0.3) is 121 Å². The summed E-state index contributed by atoms with van der Waals surface area (Å²) < 4.78 is 20.7. The number of nitrogens with zero attached hydrogens (tertiary/aromatic N) is 2. The molecule has 0 radical (unpaired) electrons. The third kappa shape index (κ3) is 7.17. The van der Waals surface area contributed by atoms with Gasteiger partial charge in [-0.15, -0.1) is 0 Å². The normalized spacial score (nSPS) is 11.8.